The van der Waals surface area contributed by atoms with E-state index in [2.05, 4.69) is 5.32 Å². The summed E-state index contributed by atoms with van der Waals surface area (Å²) in [7, 11) is 1.51. The van der Waals surface area contributed by atoms with E-state index in [0.29, 0.717) is 22.9 Å². The van der Waals surface area contributed by atoms with Gasteiger partial charge in [-0.05, 0) is 42.0 Å². The molecule has 128 valence electrons. The first-order chi connectivity index (χ1) is 11.5. The number of nitrogens with one attached hydrogen (secondary N) is 1. The second-order valence-electron chi connectivity index (χ2n) is 5.01. The fourth-order valence-electron chi connectivity index (χ4n) is 2.02. The zero-order valence-corrected chi connectivity index (χ0v) is 14.9. The maximum absolute atomic E-state index is 12.3. The minimum absolute atomic E-state index is 0.254. The quantitative estimate of drug-likeness (QED) is 0.781. The highest BCUT2D eigenvalue weighted by molar-refractivity contribution is 8.18. The fraction of sp³-hybridized carbons (Fsp3) is 0.312. The summed E-state index contributed by atoms with van der Waals surface area (Å²) in [5.74, 6) is -0.314. The summed E-state index contributed by atoms with van der Waals surface area (Å²) in [5, 5.41) is 2.59. The van der Waals surface area contributed by atoms with Crippen molar-refractivity contribution in [2.24, 2.45) is 0 Å². The van der Waals surface area contributed by atoms with Crippen molar-refractivity contribution < 1.29 is 19.1 Å². The molecule has 2 rings (SSSR count). The van der Waals surface area contributed by atoms with E-state index in [1.54, 1.807) is 24.3 Å². The van der Waals surface area contributed by atoms with Crippen LogP contribution in [0.1, 0.15) is 18.9 Å². The Balaban J connectivity index is 2.12. The highest BCUT2D eigenvalue weighted by Crippen LogP contribution is 2.33. The van der Waals surface area contributed by atoms with Gasteiger partial charge >= 0.3 is 0 Å². The molecule has 1 aromatic rings. The van der Waals surface area contributed by atoms with Crippen molar-refractivity contribution in [3.05, 3.63) is 33.7 Å². The predicted octanol–water partition coefficient (Wildman–Crippen LogP) is 2.91. The maximum Gasteiger partial charge on any atom is 0.294 e. The second-order valence-corrected chi connectivity index (χ2v) is 6.41. The summed E-state index contributed by atoms with van der Waals surface area (Å²) in [6.07, 6.45) is 2.35. The average molecular weight is 369 g/mol. The van der Waals surface area contributed by atoms with Crippen molar-refractivity contribution in [2.75, 3.05) is 20.2 Å². The Hall–Kier alpha value is -1.99. The first kappa shape index (κ1) is 18.4. The number of imide groups is 1. The SMILES string of the molecule is CCCNC(=O)CN1C(=O)S/C(=C\c2ccc(OC)c(Cl)c2)C1=O. The molecule has 1 fully saturated rings. The minimum Gasteiger partial charge on any atom is -0.495 e. The molecular weight excluding hydrogens is 352 g/mol. The molecule has 1 aliphatic rings. The Labute approximate surface area is 149 Å². The molecular formula is C16H17ClN2O4S. The minimum atomic E-state index is -0.483. The van der Waals surface area contributed by atoms with E-state index >= 15 is 0 Å². The van der Waals surface area contributed by atoms with Crippen LogP contribution in [0.25, 0.3) is 6.08 Å². The third-order valence-electron chi connectivity index (χ3n) is 3.22. The zero-order valence-electron chi connectivity index (χ0n) is 13.3. The molecule has 8 heteroatoms. The third kappa shape index (κ3) is 4.30. The van der Waals surface area contributed by atoms with Gasteiger partial charge in [-0.3, -0.25) is 19.3 Å². The highest BCUT2D eigenvalue weighted by Gasteiger charge is 2.36. The Kier molecular flexibility index (Phi) is 6.28. The molecule has 3 amide bonds. The van der Waals surface area contributed by atoms with E-state index in [1.807, 2.05) is 6.92 Å². The number of benzene rings is 1. The lowest BCUT2D eigenvalue weighted by atomic mass is 10.2. The van der Waals surface area contributed by atoms with E-state index < -0.39 is 11.1 Å². The lowest BCUT2D eigenvalue weighted by molar-refractivity contribution is -0.129. The first-order valence-corrected chi connectivity index (χ1v) is 8.51. The zero-order chi connectivity index (χ0) is 17.7. The summed E-state index contributed by atoms with van der Waals surface area (Å²) < 4.78 is 5.07. The second kappa shape index (κ2) is 8.21. The summed E-state index contributed by atoms with van der Waals surface area (Å²) in [6.45, 7) is 2.16. The van der Waals surface area contributed by atoms with Crippen LogP contribution in [0.3, 0.4) is 0 Å². The van der Waals surface area contributed by atoms with Gasteiger partial charge in [-0.1, -0.05) is 24.6 Å². The number of rotatable bonds is 6. The van der Waals surface area contributed by atoms with Crippen molar-refractivity contribution in [1.82, 2.24) is 10.2 Å². The van der Waals surface area contributed by atoms with E-state index in [-0.39, 0.29) is 17.4 Å². The van der Waals surface area contributed by atoms with Crippen LogP contribution in [-0.4, -0.2) is 42.2 Å². The molecule has 1 saturated heterocycles. The summed E-state index contributed by atoms with van der Waals surface area (Å²) in [4.78, 5) is 37.2. The topological polar surface area (TPSA) is 75.7 Å². The van der Waals surface area contributed by atoms with E-state index in [1.165, 1.54) is 7.11 Å². The lowest BCUT2D eigenvalue weighted by Gasteiger charge is -2.11. The van der Waals surface area contributed by atoms with Crippen LogP contribution >= 0.6 is 23.4 Å². The van der Waals surface area contributed by atoms with Crippen LogP contribution in [0.15, 0.2) is 23.1 Å². The first-order valence-electron chi connectivity index (χ1n) is 7.32. The average Bonchev–Trinajstić information content (AvgIpc) is 2.80. The van der Waals surface area contributed by atoms with E-state index in [4.69, 9.17) is 16.3 Å². The van der Waals surface area contributed by atoms with Gasteiger partial charge in [-0.25, -0.2) is 0 Å². The van der Waals surface area contributed by atoms with Gasteiger partial charge in [0.25, 0.3) is 11.1 Å². The number of carbonyl (C=O) groups excluding carboxylic acids is 3. The number of halogens is 1. The molecule has 0 aromatic heterocycles. The van der Waals surface area contributed by atoms with Crippen LogP contribution in [0.2, 0.25) is 5.02 Å². The molecule has 0 radical (unpaired) electrons. The van der Waals surface area contributed by atoms with Gasteiger partial charge in [-0.2, -0.15) is 0 Å². The molecule has 0 atom stereocenters. The predicted molar refractivity (Wildman–Crippen MR) is 94.0 cm³/mol. The van der Waals surface area contributed by atoms with Gasteiger partial charge in [-0.15, -0.1) is 0 Å². The van der Waals surface area contributed by atoms with Gasteiger partial charge < -0.3 is 10.1 Å². The molecule has 6 nitrogen and oxygen atoms in total. The normalized spacial score (nSPS) is 16.0. The standard InChI is InChI=1S/C16H17ClN2O4S/c1-3-6-18-14(20)9-19-15(21)13(24-16(19)22)8-10-4-5-12(23-2)11(17)7-10/h4-5,7-8H,3,6,9H2,1-2H3,(H,18,20)/b13-8-. The number of methoxy groups -OCH3 is 1. The largest absolute Gasteiger partial charge is 0.495 e. The summed E-state index contributed by atoms with van der Waals surface area (Å²) >= 11 is 6.85. The number of hydrogen-bond donors (Lipinski definition) is 1. The van der Waals surface area contributed by atoms with E-state index in [0.717, 1.165) is 23.1 Å². The number of hydrogen-bond acceptors (Lipinski definition) is 5. The van der Waals surface area contributed by atoms with Crippen LogP contribution in [-0.2, 0) is 9.59 Å². The molecule has 0 unspecified atom stereocenters. The Morgan fingerprint density at radius 3 is 2.79 bits per heavy atom. The van der Waals surface area contributed by atoms with Crippen LogP contribution in [0, 0.1) is 0 Å². The van der Waals surface area contributed by atoms with Gasteiger partial charge in [0.05, 0.1) is 17.0 Å². The van der Waals surface area contributed by atoms with Crippen LogP contribution in [0.4, 0.5) is 4.79 Å². The monoisotopic (exact) mass is 368 g/mol. The summed E-state index contributed by atoms with van der Waals surface area (Å²) in [5.41, 5.74) is 0.668. The number of ether oxygens (including phenoxy) is 1. The molecule has 0 saturated carbocycles. The number of nitrogens with zero attached hydrogens (tertiary/aromatic N) is 1. The van der Waals surface area contributed by atoms with Gasteiger partial charge in [0.1, 0.15) is 12.3 Å². The fourth-order valence-corrected chi connectivity index (χ4v) is 3.13. The van der Waals surface area contributed by atoms with Crippen molar-refractivity contribution in [1.29, 1.82) is 0 Å². The molecule has 1 N–H and O–H groups in total. The van der Waals surface area contributed by atoms with Crippen molar-refractivity contribution in [3.8, 4) is 5.75 Å². The van der Waals surface area contributed by atoms with Gasteiger partial charge in [0, 0.05) is 6.54 Å². The summed E-state index contributed by atoms with van der Waals surface area (Å²) in [6, 6.07) is 5.05. The molecule has 0 bridgehead atoms. The van der Waals surface area contributed by atoms with E-state index in [9.17, 15) is 14.4 Å². The van der Waals surface area contributed by atoms with Crippen molar-refractivity contribution in [3.63, 3.8) is 0 Å². The Morgan fingerprint density at radius 2 is 2.17 bits per heavy atom. The third-order valence-corrected chi connectivity index (χ3v) is 4.42. The molecule has 1 aromatic carbocycles. The number of amides is 3. The van der Waals surface area contributed by atoms with Crippen molar-refractivity contribution >= 4 is 46.5 Å². The highest BCUT2D eigenvalue weighted by atomic mass is 35.5. The maximum atomic E-state index is 12.3. The van der Waals surface area contributed by atoms with Crippen molar-refractivity contribution in [2.45, 2.75) is 13.3 Å². The Morgan fingerprint density at radius 1 is 1.42 bits per heavy atom. The Bertz CT molecular complexity index is 705. The molecule has 0 spiro atoms. The van der Waals surface area contributed by atoms with Gasteiger partial charge in [0.15, 0.2) is 0 Å². The van der Waals surface area contributed by atoms with Crippen LogP contribution in [0.5, 0.6) is 5.75 Å². The molecule has 1 heterocycles. The number of thioether (sulfide) groups is 1. The van der Waals surface area contributed by atoms with Gasteiger partial charge in [0.2, 0.25) is 5.91 Å². The molecule has 1 aliphatic heterocycles. The smallest absolute Gasteiger partial charge is 0.294 e. The lowest BCUT2D eigenvalue weighted by Crippen LogP contribution is -2.39. The molecule has 0 aliphatic carbocycles. The molecule has 24 heavy (non-hydrogen) atoms. The number of carbonyl (C=O) groups is 3. The van der Waals surface area contributed by atoms with Crippen LogP contribution < -0.4 is 10.1 Å².